The molecule has 0 saturated heterocycles. The zero-order valence-corrected chi connectivity index (χ0v) is 19.3. The van der Waals surface area contributed by atoms with Crippen molar-refractivity contribution in [3.63, 3.8) is 0 Å². The number of nitrogens with one attached hydrogen (secondary N) is 2. The summed E-state index contributed by atoms with van der Waals surface area (Å²) in [5.41, 5.74) is 1.65. The van der Waals surface area contributed by atoms with Crippen LogP contribution in [-0.4, -0.2) is 31.1 Å². The molecule has 9 nitrogen and oxygen atoms in total. The Morgan fingerprint density at radius 2 is 1.76 bits per heavy atom. The first-order valence-electron chi connectivity index (χ1n) is 9.91. The molecule has 174 valence electrons. The SMILES string of the molecule is CS(=O)(=O)c1cccc(C(=O)Nc2ccc(NC(=O)Cn3c(=O)oc4ccccc43)cc2Cl)c1. The summed E-state index contributed by atoms with van der Waals surface area (Å²) in [5, 5.41) is 5.41. The van der Waals surface area contributed by atoms with Gasteiger partial charge >= 0.3 is 5.76 Å². The Hall–Kier alpha value is -3.89. The van der Waals surface area contributed by atoms with E-state index < -0.39 is 27.4 Å². The number of amides is 2. The number of benzene rings is 3. The van der Waals surface area contributed by atoms with Crippen LogP contribution in [0, 0.1) is 0 Å². The average molecular weight is 500 g/mol. The Balaban J connectivity index is 1.46. The van der Waals surface area contributed by atoms with E-state index in [9.17, 15) is 22.8 Å². The van der Waals surface area contributed by atoms with E-state index >= 15 is 0 Å². The van der Waals surface area contributed by atoms with Crippen LogP contribution in [0.3, 0.4) is 0 Å². The van der Waals surface area contributed by atoms with Crippen molar-refractivity contribution >= 4 is 55.7 Å². The molecule has 0 aliphatic heterocycles. The van der Waals surface area contributed by atoms with Gasteiger partial charge in [0, 0.05) is 17.5 Å². The fourth-order valence-corrected chi connectivity index (χ4v) is 4.16. The molecule has 2 amide bonds. The molecule has 0 unspecified atom stereocenters. The molecular formula is C23H18ClN3O6S. The van der Waals surface area contributed by atoms with Crippen molar-refractivity contribution in [1.29, 1.82) is 0 Å². The molecule has 0 aliphatic carbocycles. The number of carbonyl (C=O) groups is 2. The van der Waals surface area contributed by atoms with Crippen LogP contribution in [0.2, 0.25) is 5.02 Å². The molecule has 0 aliphatic rings. The van der Waals surface area contributed by atoms with Crippen LogP contribution in [0.4, 0.5) is 11.4 Å². The van der Waals surface area contributed by atoms with Crippen LogP contribution in [0.15, 0.2) is 80.8 Å². The second-order valence-corrected chi connectivity index (χ2v) is 9.84. The number of hydrogen-bond acceptors (Lipinski definition) is 6. The summed E-state index contributed by atoms with van der Waals surface area (Å²) in [6.07, 6.45) is 1.05. The van der Waals surface area contributed by atoms with Gasteiger partial charge in [0.2, 0.25) is 5.91 Å². The number of aromatic nitrogens is 1. The average Bonchev–Trinajstić information content (AvgIpc) is 3.10. The number of para-hydroxylation sites is 2. The van der Waals surface area contributed by atoms with E-state index in [1.54, 1.807) is 24.3 Å². The van der Waals surface area contributed by atoms with E-state index in [2.05, 4.69) is 10.6 Å². The Morgan fingerprint density at radius 3 is 2.50 bits per heavy atom. The smallest absolute Gasteiger partial charge is 0.408 e. The number of halogens is 1. The highest BCUT2D eigenvalue weighted by molar-refractivity contribution is 7.90. The molecule has 1 heterocycles. The number of hydrogen-bond donors (Lipinski definition) is 2. The minimum Gasteiger partial charge on any atom is -0.408 e. The number of rotatable bonds is 6. The van der Waals surface area contributed by atoms with Gasteiger partial charge in [-0.05, 0) is 48.5 Å². The van der Waals surface area contributed by atoms with Crippen molar-refractivity contribution < 1.29 is 22.4 Å². The first kappa shape index (κ1) is 23.3. The highest BCUT2D eigenvalue weighted by atomic mass is 35.5. The van der Waals surface area contributed by atoms with E-state index in [1.165, 1.54) is 47.0 Å². The summed E-state index contributed by atoms with van der Waals surface area (Å²) >= 11 is 6.26. The normalized spacial score (nSPS) is 11.4. The van der Waals surface area contributed by atoms with Gasteiger partial charge in [-0.1, -0.05) is 29.8 Å². The van der Waals surface area contributed by atoms with Crippen LogP contribution in [0.5, 0.6) is 0 Å². The Kier molecular flexibility index (Phi) is 6.27. The van der Waals surface area contributed by atoms with Gasteiger partial charge in [-0.3, -0.25) is 14.2 Å². The van der Waals surface area contributed by atoms with Gasteiger partial charge in [-0.2, -0.15) is 0 Å². The summed E-state index contributed by atoms with van der Waals surface area (Å²) in [6, 6.07) is 16.9. The number of carbonyl (C=O) groups excluding carboxylic acids is 2. The lowest BCUT2D eigenvalue weighted by Crippen LogP contribution is -2.24. The molecule has 0 atom stereocenters. The van der Waals surface area contributed by atoms with Gasteiger partial charge in [-0.15, -0.1) is 0 Å². The quantitative estimate of drug-likeness (QED) is 0.417. The molecule has 0 saturated carbocycles. The number of fused-ring (bicyclic) bond motifs is 1. The van der Waals surface area contributed by atoms with Crippen molar-refractivity contribution in [3.05, 3.63) is 87.9 Å². The standard InChI is InChI=1S/C23H18ClN3O6S/c1-34(31,32)16-6-4-5-14(11-16)22(29)26-18-10-9-15(12-17(18)24)25-21(28)13-27-19-7-2-3-8-20(19)33-23(27)30/h2-12H,13H2,1H3,(H,25,28)(H,26,29). The van der Waals surface area contributed by atoms with Crippen LogP contribution in [-0.2, 0) is 21.2 Å². The largest absolute Gasteiger partial charge is 0.420 e. The number of anilines is 2. The molecule has 11 heteroatoms. The number of sulfone groups is 1. The van der Waals surface area contributed by atoms with Crippen molar-refractivity contribution in [2.75, 3.05) is 16.9 Å². The first-order valence-corrected chi connectivity index (χ1v) is 12.2. The lowest BCUT2D eigenvalue weighted by atomic mass is 10.2. The number of oxazole rings is 1. The topological polar surface area (TPSA) is 127 Å². The maximum Gasteiger partial charge on any atom is 0.420 e. The minimum atomic E-state index is -3.46. The van der Waals surface area contributed by atoms with Gasteiger partial charge in [0.25, 0.3) is 5.91 Å². The molecule has 2 N–H and O–H groups in total. The Bertz CT molecular complexity index is 1590. The van der Waals surface area contributed by atoms with E-state index in [-0.39, 0.29) is 27.7 Å². The molecule has 1 aromatic heterocycles. The minimum absolute atomic E-state index is 0.0221. The summed E-state index contributed by atoms with van der Waals surface area (Å²) in [6.45, 7) is -0.261. The third kappa shape index (κ3) is 5.03. The highest BCUT2D eigenvalue weighted by Gasteiger charge is 2.15. The van der Waals surface area contributed by atoms with Gasteiger partial charge in [0.05, 0.1) is 21.1 Å². The molecule has 4 rings (SSSR count). The molecule has 0 radical (unpaired) electrons. The second-order valence-electron chi connectivity index (χ2n) is 7.42. The van der Waals surface area contributed by atoms with Crippen LogP contribution in [0.25, 0.3) is 11.1 Å². The first-order chi connectivity index (χ1) is 16.1. The molecule has 3 aromatic carbocycles. The Morgan fingerprint density at radius 1 is 1.00 bits per heavy atom. The van der Waals surface area contributed by atoms with Gasteiger partial charge in [0.15, 0.2) is 15.4 Å². The summed E-state index contributed by atoms with van der Waals surface area (Å²) in [5.74, 6) is -1.66. The fourth-order valence-electron chi connectivity index (χ4n) is 3.26. The predicted octanol–water partition coefficient (Wildman–Crippen LogP) is 3.54. The maximum atomic E-state index is 12.5. The zero-order valence-electron chi connectivity index (χ0n) is 17.7. The Labute approximate surface area is 198 Å². The van der Waals surface area contributed by atoms with E-state index in [0.29, 0.717) is 16.8 Å². The molecule has 0 bridgehead atoms. The summed E-state index contributed by atoms with van der Waals surface area (Å²) in [7, 11) is -3.46. The third-order valence-electron chi connectivity index (χ3n) is 4.90. The van der Waals surface area contributed by atoms with Gasteiger partial charge < -0.3 is 15.1 Å². The van der Waals surface area contributed by atoms with Crippen LogP contribution >= 0.6 is 11.6 Å². The maximum absolute atomic E-state index is 12.5. The third-order valence-corrected chi connectivity index (χ3v) is 6.32. The van der Waals surface area contributed by atoms with Gasteiger partial charge in [0.1, 0.15) is 6.54 Å². The monoisotopic (exact) mass is 499 g/mol. The lowest BCUT2D eigenvalue weighted by molar-refractivity contribution is -0.116. The van der Waals surface area contributed by atoms with Crippen molar-refractivity contribution in [1.82, 2.24) is 4.57 Å². The second kappa shape index (κ2) is 9.16. The van der Waals surface area contributed by atoms with Crippen molar-refractivity contribution in [2.24, 2.45) is 0 Å². The summed E-state index contributed by atoms with van der Waals surface area (Å²) < 4.78 is 29.8. The summed E-state index contributed by atoms with van der Waals surface area (Å²) in [4.78, 5) is 37.1. The molecule has 0 fully saturated rings. The molecule has 4 aromatic rings. The molecule has 0 spiro atoms. The fraction of sp³-hybridized carbons (Fsp3) is 0.0870. The lowest BCUT2D eigenvalue weighted by Gasteiger charge is -2.11. The number of nitrogens with zero attached hydrogens (tertiary/aromatic N) is 1. The predicted molar refractivity (Wildman–Crippen MR) is 128 cm³/mol. The highest BCUT2D eigenvalue weighted by Crippen LogP contribution is 2.26. The van der Waals surface area contributed by atoms with E-state index in [1.807, 2.05) is 0 Å². The van der Waals surface area contributed by atoms with Crippen LogP contribution in [0.1, 0.15) is 10.4 Å². The van der Waals surface area contributed by atoms with Crippen molar-refractivity contribution in [3.8, 4) is 0 Å². The van der Waals surface area contributed by atoms with Crippen molar-refractivity contribution in [2.45, 2.75) is 11.4 Å². The molecule has 34 heavy (non-hydrogen) atoms. The van der Waals surface area contributed by atoms with Crippen LogP contribution < -0.4 is 16.4 Å². The van der Waals surface area contributed by atoms with E-state index in [4.69, 9.17) is 16.0 Å². The van der Waals surface area contributed by atoms with E-state index in [0.717, 1.165) is 6.26 Å². The zero-order chi connectivity index (χ0) is 24.5. The van der Waals surface area contributed by atoms with Gasteiger partial charge in [-0.25, -0.2) is 13.2 Å². The molecular weight excluding hydrogens is 482 g/mol.